The van der Waals surface area contributed by atoms with Gasteiger partial charge in [-0.3, -0.25) is 4.79 Å². The van der Waals surface area contributed by atoms with Gasteiger partial charge in [-0.25, -0.2) is 8.42 Å². The van der Waals surface area contributed by atoms with E-state index in [1.165, 1.54) is 19.2 Å². The number of aromatic nitrogens is 1. The first-order chi connectivity index (χ1) is 11.9. The van der Waals surface area contributed by atoms with Gasteiger partial charge in [0.25, 0.3) is 5.56 Å². The summed E-state index contributed by atoms with van der Waals surface area (Å²) in [6.45, 7) is 0. The van der Waals surface area contributed by atoms with Crippen LogP contribution < -0.4 is 5.56 Å². The minimum atomic E-state index is -4.90. The molecule has 5 nitrogen and oxygen atoms in total. The van der Waals surface area contributed by atoms with Gasteiger partial charge in [0, 0.05) is 25.2 Å². The van der Waals surface area contributed by atoms with Crippen molar-refractivity contribution in [2.45, 2.75) is 17.1 Å². The number of alkyl halides is 3. The van der Waals surface area contributed by atoms with E-state index in [4.69, 9.17) is 23.2 Å². The highest BCUT2D eigenvalue weighted by atomic mass is 35.5. The van der Waals surface area contributed by atoms with Gasteiger partial charge >= 0.3 is 6.18 Å². The van der Waals surface area contributed by atoms with Crippen molar-refractivity contribution >= 4 is 33.2 Å². The second-order valence-corrected chi connectivity index (χ2v) is 8.25. The molecule has 2 aromatic rings. The van der Waals surface area contributed by atoms with Crippen molar-refractivity contribution in [1.82, 2.24) is 8.87 Å². The van der Waals surface area contributed by atoms with E-state index in [0.29, 0.717) is 6.07 Å². The first-order valence-corrected chi connectivity index (χ1v) is 9.22. The molecule has 0 radical (unpaired) electrons. The first-order valence-electron chi connectivity index (χ1n) is 7.02. The van der Waals surface area contributed by atoms with Crippen LogP contribution in [0.2, 0.25) is 10.2 Å². The smallest absolute Gasteiger partial charge is 0.302 e. The Morgan fingerprint density at radius 2 is 1.65 bits per heavy atom. The van der Waals surface area contributed by atoms with Crippen LogP contribution in [-0.2, 0) is 17.1 Å². The summed E-state index contributed by atoms with van der Waals surface area (Å²) >= 11 is 11.5. The minimum Gasteiger partial charge on any atom is -0.302 e. The summed E-state index contributed by atoms with van der Waals surface area (Å²) in [5, 5.41) is -0.0157. The zero-order valence-electron chi connectivity index (χ0n) is 13.5. The number of hydrogen-bond acceptors (Lipinski definition) is 3. The number of nitrogens with zero attached hydrogens (tertiary/aromatic N) is 2. The van der Waals surface area contributed by atoms with Gasteiger partial charge in [0.05, 0.1) is 4.90 Å². The Morgan fingerprint density at radius 3 is 2.12 bits per heavy atom. The Kier molecular flexibility index (Phi) is 5.77. The molecular weight excluding hydrogens is 416 g/mol. The van der Waals surface area contributed by atoms with Crippen molar-refractivity contribution in [3.05, 3.63) is 62.5 Å². The van der Waals surface area contributed by atoms with Crippen molar-refractivity contribution in [2.24, 2.45) is 7.05 Å². The number of sulfonamides is 1. The van der Waals surface area contributed by atoms with Crippen LogP contribution in [0.5, 0.6) is 0 Å². The van der Waals surface area contributed by atoms with E-state index < -0.39 is 32.7 Å². The number of pyridine rings is 1. The van der Waals surface area contributed by atoms with Gasteiger partial charge in [0.2, 0.25) is 10.0 Å². The van der Waals surface area contributed by atoms with E-state index in [1.807, 2.05) is 0 Å². The number of halogens is 5. The fourth-order valence-electron chi connectivity index (χ4n) is 2.28. The van der Waals surface area contributed by atoms with Gasteiger partial charge in [0.15, 0.2) is 0 Å². The molecule has 0 aliphatic heterocycles. The van der Waals surface area contributed by atoms with Crippen molar-refractivity contribution in [1.29, 1.82) is 0 Å². The second kappa shape index (κ2) is 7.22. The third-order valence-electron chi connectivity index (χ3n) is 3.71. The third kappa shape index (κ3) is 4.06. The molecule has 142 valence electrons. The van der Waals surface area contributed by atoms with Gasteiger partial charge < -0.3 is 4.57 Å². The van der Waals surface area contributed by atoms with E-state index in [-0.39, 0.29) is 20.0 Å². The number of rotatable bonds is 4. The first kappa shape index (κ1) is 20.8. The number of hydrogen-bond donors (Lipinski definition) is 0. The van der Waals surface area contributed by atoms with Gasteiger partial charge in [-0.1, -0.05) is 35.3 Å². The number of benzene rings is 1. The molecule has 0 amide bonds. The Labute approximate surface area is 157 Å². The van der Waals surface area contributed by atoms with Crippen LogP contribution in [0.4, 0.5) is 13.2 Å². The van der Waals surface area contributed by atoms with Gasteiger partial charge in [-0.05, 0) is 23.8 Å². The maximum absolute atomic E-state index is 13.6. The third-order valence-corrected chi connectivity index (χ3v) is 6.13. The molecule has 11 heteroatoms. The minimum absolute atomic E-state index is 0.154. The maximum Gasteiger partial charge on any atom is 0.409 e. The van der Waals surface area contributed by atoms with E-state index in [9.17, 15) is 26.4 Å². The summed E-state index contributed by atoms with van der Waals surface area (Å²) in [5.41, 5.74) is -1.08. The maximum atomic E-state index is 13.6. The molecule has 0 aliphatic carbocycles. The van der Waals surface area contributed by atoms with E-state index in [0.717, 1.165) is 29.8 Å². The standard InChI is InChI=1S/C15H13Cl2F3N2O3S/c1-21-12(17)7-11(8-13(21)23)26(24,25)22(2)14(15(18,19)20)9-3-5-10(16)6-4-9/h3-8,14H,1-2H3. The van der Waals surface area contributed by atoms with Crippen LogP contribution in [0, 0.1) is 0 Å². The van der Waals surface area contributed by atoms with E-state index in [1.54, 1.807) is 0 Å². The zero-order valence-corrected chi connectivity index (χ0v) is 15.8. The van der Waals surface area contributed by atoms with Crippen LogP contribution in [0.15, 0.2) is 46.1 Å². The normalized spacial score (nSPS) is 13.8. The summed E-state index contributed by atoms with van der Waals surface area (Å²) in [4.78, 5) is 11.1. The van der Waals surface area contributed by atoms with Crippen molar-refractivity contribution < 1.29 is 21.6 Å². The average Bonchev–Trinajstić information content (AvgIpc) is 2.52. The van der Waals surface area contributed by atoms with Crippen molar-refractivity contribution in [3.8, 4) is 0 Å². The Morgan fingerprint density at radius 1 is 1.12 bits per heavy atom. The fraction of sp³-hybridized carbons (Fsp3) is 0.267. The predicted octanol–water partition coefficient (Wildman–Crippen LogP) is 3.62. The summed E-state index contributed by atoms with van der Waals surface area (Å²) < 4.78 is 67.2. The average molecular weight is 429 g/mol. The van der Waals surface area contributed by atoms with Crippen molar-refractivity contribution in [3.63, 3.8) is 0 Å². The molecule has 1 unspecified atom stereocenters. The monoisotopic (exact) mass is 428 g/mol. The van der Waals surface area contributed by atoms with Crippen LogP contribution in [0.1, 0.15) is 11.6 Å². The topological polar surface area (TPSA) is 59.4 Å². The highest BCUT2D eigenvalue weighted by Crippen LogP contribution is 2.39. The molecular formula is C15H13Cl2F3N2O3S. The van der Waals surface area contributed by atoms with Gasteiger partial charge in [-0.2, -0.15) is 17.5 Å². The molecule has 0 saturated heterocycles. The Hall–Kier alpha value is -1.55. The summed E-state index contributed by atoms with van der Waals surface area (Å²) in [6.07, 6.45) is -4.90. The molecule has 0 spiro atoms. The van der Waals surface area contributed by atoms with E-state index in [2.05, 4.69) is 0 Å². The molecule has 0 fully saturated rings. The molecule has 1 heterocycles. The molecule has 1 aromatic heterocycles. The fourth-order valence-corrected chi connectivity index (χ4v) is 4.04. The lowest BCUT2D eigenvalue weighted by Gasteiger charge is -2.29. The lowest BCUT2D eigenvalue weighted by Crippen LogP contribution is -2.40. The highest BCUT2D eigenvalue weighted by Gasteiger charge is 2.47. The second-order valence-electron chi connectivity index (χ2n) is 5.43. The van der Waals surface area contributed by atoms with Crippen LogP contribution in [0.25, 0.3) is 0 Å². The zero-order chi connectivity index (χ0) is 19.9. The lowest BCUT2D eigenvalue weighted by molar-refractivity contribution is -0.171. The molecule has 2 rings (SSSR count). The largest absolute Gasteiger partial charge is 0.409 e. The molecule has 0 bridgehead atoms. The Balaban J connectivity index is 2.59. The van der Waals surface area contributed by atoms with Gasteiger partial charge in [0.1, 0.15) is 11.2 Å². The molecule has 0 N–H and O–H groups in total. The van der Waals surface area contributed by atoms with Crippen LogP contribution in [-0.4, -0.2) is 30.5 Å². The van der Waals surface area contributed by atoms with Crippen molar-refractivity contribution in [2.75, 3.05) is 7.05 Å². The molecule has 1 aromatic carbocycles. The Bertz CT molecular complexity index is 973. The molecule has 0 aliphatic rings. The van der Waals surface area contributed by atoms with Gasteiger partial charge in [-0.15, -0.1) is 0 Å². The summed E-state index contributed by atoms with van der Waals surface area (Å²) in [6, 6.07) is 3.80. The predicted molar refractivity (Wildman–Crippen MR) is 91.9 cm³/mol. The van der Waals surface area contributed by atoms with E-state index >= 15 is 0 Å². The molecule has 26 heavy (non-hydrogen) atoms. The quantitative estimate of drug-likeness (QED) is 0.698. The molecule has 0 saturated carbocycles. The summed E-state index contributed by atoms with van der Waals surface area (Å²) in [7, 11) is -2.57. The lowest BCUT2D eigenvalue weighted by atomic mass is 10.1. The highest BCUT2D eigenvalue weighted by molar-refractivity contribution is 7.89. The SMILES string of the molecule is CN(C(c1ccc(Cl)cc1)C(F)(F)F)S(=O)(=O)c1cc(Cl)n(C)c(=O)c1. The van der Waals surface area contributed by atoms with Crippen LogP contribution in [0.3, 0.4) is 0 Å². The van der Waals surface area contributed by atoms with Crippen LogP contribution >= 0.6 is 23.2 Å². The summed E-state index contributed by atoms with van der Waals surface area (Å²) in [5.74, 6) is 0. The molecule has 1 atom stereocenters.